The van der Waals surface area contributed by atoms with Crippen LogP contribution in [0, 0.1) is 0 Å². The topological polar surface area (TPSA) is 129 Å². The van der Waals surface area contributed by atoms with Gasteiger partial charge in [-0.1, -0.05) is 6.07 Å². The van der Waals surface area contributed by atoms with E-state index in [0.717, 1.165) is 10.6 Å². The Kier molecular flexibility index (Phi) is 4.23. The van der Waals surface area contributed by atoms with Crippen molar-refractivity contribution in [3.8, 4) is 10.6 Å². The van der Waals surface area contributed by atoms with Crippen molar-refractivity contribution in [1.29, 1.82) is 0 Å². The van der Waals surface area contributed by atoms with E-state index in [9.17, 15) is 0 Å². The molecule has 0 unspecified atom stereocenters. The first-order chi connectivity index (χ1) is 8.00. The number of nitrogens with one attached hydrogen (secondary N) is 1. The number of rotatable bonds is 1. The van der Waals surface area contributed by atoms with Gasteiger partial charge < -0.3 is 15.9 Å². The number of hydrogen-bond donors (Lipinski definition) is 4. The smallest absolute Gasteiger partial charge is 0.414 e. The van der Waals surface area contributed by atoms with Crippen molar-refractivity contribution in [3.63, 3.8) is 0 Å². The lowest BCUT2D eigenvalue weighted by molar-refractivity contribution is -0.159. The molecule has 0 radical (unpaired) electrons. The second kappa shape index (κ2) is 5.66. The number of aromatic amines is 1. The van der Waals surface area contributed by atoms with Crippen LogP contribution in [0.4, 0.5) is 5.82 Å². The van der Waals surface area contributed by atoms with Gasteiger partial charge in [-0.05, 0) is 11.4 Å². The van der Waals surface area contributed by atoms with Gasteiger partial charge >= 0.3 is 11.9 Å². The largest absolute Gasteiger partial charge is 0.473 e. The number of carboxylic acids is 2. The van der Waals surface area contributed by atoms with Crippen LogP contribution in [0.3, 0.4) is 0 Å². The van der Waals surface area contributed by atoms with Crippen LogP contribution in [-0.2, 0) is 9.59 Å². The minimum absolute atomic E-state index is 0.536. The van der Waals surface area contributed by atoms with Crippen LogP contribution in [0.1, 0.15) is 0 Å². The van der Waals surface area contributed by atoms with Crippen molar-refractivity contribution in [3.05, 3.63) is 23.6 Å². The number of nitrogen functional groups attached to an aromatic ring is 1. The Hall–Kier alpha value is -2.35. The summed E-state index contributed by atoms with van der Waals surface area (Å²) in [5.74, 6) is -3.11. The third-order valence-corrected chi connectivity index (χ3v) is 2.47. The molecule has 0 atom stereocenters. The van der Waals surface area contributed by atoms with Gasteiger partial charge in [-0.15, -0.1) is 11.3 Å². The molecule has 2 aromatic heterocycles. The number of aromatic nitrogens is 2. The number of aliphatic carboxylic acids is 2. The van der Waals surface area contributed by atoms with E-state index in [-0.39, 0.29) is 0 Å². The second-order valence-electron chi connectivity index (χ2n) is 2.79. The summed E-state index contributed by atoms with van der Waals surface area (Å²) >= 11 is 1.66. The van der Waals surface area contributed by atoms with Gasteiger partial charge in [0.25, 0.3) is 0 Å². The lowest BCUT2D eigenvalue weighted by atomic mass is 10.3. The van der Waals surface area contributed by atoms with Crippen molar-refractivity contribution in [1.82, 2.24) is 10.2 Å². The Morgan fingerprint density at radius 1 is 1.35 bits per heavy atom. The van der Waals surface area contributed by atoms with Crippen molar-refractivity contribution in [2.24, 2.45) is 0 Å². The van der Waals surface area contributed by atoms with E-state index in [1.165, 1.54) is 0 Å². The zero-order valence-corrected chi connectivity index (χ0v) is 9.27. The highest BCUT2D eigenvalue weighted by Gasteiger charge is 2.04. The molecule has 17 heavy (non-hydrogen) atoms. The molecule has 0 bridgehead atoms. The van der Waals surface area contributed by atoms with Gasteiger partial charge in [-0.25, -0.2) is 9.59 Å². The number of nitrogens with two attached hydrogens (primary N) is 1. The van der Waals surface area contributed by atoms with Gasteiger partial charge in [0.1, 0.15) is 5.82 Å². The molecule has 0 fully saturated rings. The minimum atomic E-state index is -1.82. The zero-order valence-electron chi connectivity index (χ0n) is 8.45. The first-order valence-corrected chi connectivity index (χ1v) is 5.19. The molecule has 2 rings (SSSR count). The van der Waals surface area contributed by atoms with E-state index in [1.54, 1.807) is 11.3 Å². The molecule has 8 heteroatoms. The standard InChI is InChI=1S/C7H7N3S.C2H2O4/c8-7-4-5(9-10-7)6-2-1-3-11-6;3-1(4)2(5)6/h1-4H,(H3,8,9,10);(H,3,4)(H,5,6). The fraction of sp³-hybridized carbons (Fsp3) is 0. The molecule has 90 valence electrons. The summed E-state index contributed by atoms with van der Waals surface area (Å²) < 4.78 is 0. The SMILES string of the molecule is Nc1cc(-c2cccs2)[nH]n1.O=C(O)C(=O)O. The molecule has 5 N–H and O–H groups in total. The predicted octanol–water partition coefficient (Wildman–Crippen LogP) is 0.876. The predicted molar refractivity (Wildman–Crippen MR) is 61.6 cm³/mol. The lowest BCUT2D eigenvalue weighted by Crippen LogP contribution is -2.09. The Balaban J connectivity index is 0.000000209. The Morgan fingerprint density at radius 2 is 2.00 bits per heavy atom. The normalized spacial score (nSPS) is 9.18. The Labute approximate surface area is 99.5 Å². The van der Waals surface area contributed by atoms with E-state index in [1.807, 2.05) is 23.6 Å². The summed E-state index contributed by atoms with van der Waals surface area (Å²) in [7, 11) is 0. The number of hydrogen-bond acceptors (Lipinski definition) is 5. The summed E-state index contributed by atoms with van der Waals surface area (Å²) in [6, 6.07) is 5.85. The van der Waals surface area contributed by atoms with Gasteiger partial charge in [-0.3, -0.25) is 5.10 Å². The molecule has 2 heterocycles. The molecule has 0 aliphatic heterocycles. The second-order valence-corrected chi connectivity index (χ2v) is 3.74. The van der Waals surface area contributed by atoms with Crippen LogP contribution >= 0.6 is 11.3 Å². The average Bonchev–Trinajstić information content (AvgIpc) is 2.88. The van der Waals surface area contributed by atoms with Crippen molar-refractivity contribution >= 4 is 29.1 Å². The first-order valence-electron chi connectivity index (χ1n) is 4.31. The molecule has 0 spiro atoms. The third kappa shape index (κ3) is 3.95. The monoisotopic (exact) mass is 255 g/mol. The number of carbonyl (C=O) groups is 2. The van der Waals surface area contributed by atoms with Crippen molar-refractivity contribution in [2.45, 2.75) is 0 Å². The van der Waals surface area contributed by atoms with Crippen LogP contribution in [-0.4, -0.2) is 32.3 Å². The van der Waals surface area contributed by atoms with Crippen molar-refractivity contribution in [2.75, 3.05) is 5.73 Å². The maximum atomic E-state index is 9.10. The van der Waals surface area contributed by atoms with E-state index >= 15 is 0 Å². The maximum absolute atomic E-state index is 9.10. The summed E-state index contributed by atoms with van der Waals surface area (Å²) in [4.78, 5) is 19.4. The van der Waals surface area contributed by atoms with Gasteiger partial charge in [0.15, 0.2) is 0 Å². The highest BCUT2D eigenvalue weighted by atomic mass is 32.1. The van der Waals surface area contributed by atoms with Gasteiger partial charge in [0.05, 0.1) is 10.6 Å². The molecule has 0 saturated heterocycles. The average molecular weight is 255 g/mol. The molecule has 0 aromatic carbocycles. The van der Waals surface area contributed by atoms with E-state index < -0.39 is 11.9 Å². The summed E-state index contributed by atoms with van der Waals surface area (Å²) in [6.45, 7) is 0. The molecule has 0 amide bonds. The van der Waals surface area contributed by atoms with E-state index in [4.69, 9.17) is 25.5 Å². The molecule has 7 nitrogen and oxygen atoms in total. The Morgan fingerprint density at radius 3 is 2.35 bits per heavy atom. The van der Waals surface area contributed by atoms with E-state index in [0.29, 0.717) is 5.82 Å². The number of carboxylic acid groups (broad SMARTS) is 2. The molecule has 2 aromatic rings. The summed E-state index contributed by atoms with van der Waals surface area (Å²) in [5, 5.41) is 23.5. The highest BCUT2D eigenvalue weighted by molar-refractivity contribution is 7.13. The quantitative estimate of drug-likeness (QED) is 0.559. The van der Waals surface area contributed by atoms with Gasteiger partial charge in [0.2, 0.25) is 0 Å². The maximum Gasteiger partial charge on any atom is 0.414 e. The first kappa shape index (κ1) is 12.7. The molecule has 0 saturated carbocycles. The highest BCUT2D eigenvalue weighted by Crippen LogP contribution is 2.23. The molecular formula is C9H9N3O4S. The van der Waals surface area contributed by atoms with Crippen LogP contribution in [0.2, 0.25) is 0 Å². The van der Waals surface area contributed by atoms with Crippen LogP contribution in [0.25, 0.3) is 10.6 Å². The number of nitrogens with zero attached hydrogens (tertiary/aromatic N) is 1. The summed E-state index contributed by atoms with van der Waals surface area (Å²) in [5.41, 5.74) is 6.43. The number of anilines is 1. The molecule has 0 aliphatic rings. The lowest BCUT2D eigenvalue weighted by Gasteiger charge is -1.85. The number of H-pyrrole nitrogens is 1. The van der Waals surface area contributed by atoms with Gasteiger partial charge in [0, 0.05) is 6.07 Å². The van der Waals surface area contributed by atoms with Crippen LogP contribution < -0.4 is 5.73 Å². The summed E-state index contributed by atoms with van der Waals surface area (Å²) in [6.07, 6.45) is 0. The Bertz CT molecular complexity index is 494. The fourth-order valence-corrected chi connectivity index (χ4v) is 1.59. The van der Waals surface area contributed by atoms with E-state index in [2.05, 4.69) is 10.2 Å². The molecule has 0 aliphatic carbocycles. The molecular weight excluding hydrogens is 246 g/mol. The zero-order chi connectivity index (χ0) is 12.8. The van der Waals surface area contributed by atoms with Crippen LogP contribution in [0.5, 0.6) is 0 Å². The minimum Gasteiger partial charge on any atom is -0.473 e. The van der Waals surface area contributed by atoms with Crippen LogP contribution in [0.15, 0.2) is 23.6 Å². The fourth-order valence-electron chi connectivity index (χ4n) is 0.895. The third-order valence-electron chi connectivity index (χ3n) is 1.57. The number of thiophene rings is 1. The van der Waals surface area contributed by atoms with Gasteiger partial charge in [-0.2, -0.15) is 5.10 Å². The van der Waals surface area contributed by atoms with Crippen molar-refractivity contribution < 1.29 is 19.8 Å².